The summed E-state index contributed by atoms with van der Waals surface area (Å²) in [4.78, 5) is 4.55. The van der Waals surface area contributed by atoms with E-state index in [0.29, 0.717) is 12.0 Å². The zero-order valence-electron chi connectivity index (χ0n) is 13.1. The molecule has 0 aromatic carbocycles. The van der Waals surface area contributed by atoms with Crippen LogP contribution in [0.5, 0.6) is 0 Å². The lowest BCUT2D eigenvalue weighted by Gasteiger charge is -2.26. The van der Waals surface area contributed by atoms with Crippen molar-refractivity contribution < 1.29 is 0 Å². The number of rotatable bonds is 8. The molecule has 1 aliphatic rings. The normalized spacial score (nSPS) is 19.1. The van der Waals surface area contributed by atoms with Crippen LogP contribution in [0.25, 0.3) is 0 Å². The maximum atomic E-state index is 4.55. The molecular weight excluding hydrogens is 244 g/mol. The fraction of sp³-hybridized carbons (Fsp3) is 0.722. The molecule has 0 spiro atoms. The van der Waals surface area contributed by atoms with Crippen LogP contribution in [0.4, 0.5) is 0 Å². The van der Waals surface area contributed by atoms with Gasteiger partial charge in [0.2, 0.25) is 0 Å². The van der Waals surface area contributed by atoms with Crippen LogP contribution in [-0.4, -0.2) is 17.6 Å². The highest BCUT2D eigenvalue weighted by molar-refractivity contribution is 5.11. The molecule has 1 fully saturated rings. The number of hydrogen-bond acceptors (Lipinski definition) is 2. The third-order valence-electron chi connectivity index (χ3n) is 4.78. The summed E-state index contributed by atoms with van der Waals surface area (Å²) in [6.45, 7) is 5.68. The molecule has 0 radical (unpaired) electrons. The van der Waals surface area contributed by atoms with Crippen molar-refractivity contribution in [1.82, 2.24) is 10.3 Å². The molecule has 0 saturated heterocycles. The maximum absolute atomic E-state index is 4.55. The van der Waals surface area contributed by atoms with Crippen molar-refractivity contribution in [2.24, 2.45) is 5.92 Å². The van der Waals surface area contributed by atoms with Gasteiger partial charge in [-0.05, 0) is 43.9 Å². The van der Waals surface area contributed by atoms with E-state index in [0.717, 1.165) is 12.5 Å². The van der Waals surface area contributed by atoms with Crippen molar-refractivity contribution in [2.75, 3.05) is 6.54 Å². The number of pyridine rings is 1. The van der Waals surface area contributed by atoms with E-state index in [-0.39, 0.29) is 0 Å². The number of nitrogens with one attached hydrogen (secondary N) is 1. The Morgan fingerprint density at radius 3 is 2.75 bits per heavy atom. The van der Waals surface area contributed by atoms with Crippen LogP contribution < -0.4 is 5.32 Å². The Morgan fingerprint density at radius 2 is 2.10 bits per heavy atom. The lowest BCUT2D eigenvalue weighted by atomic mass is 9.90. The molecule has 2 nitrogen and oxygen atoms in total. The quantitative estimate of drug-likeness (QED) is 0.753. The van der Waals surface area contributed by atoms with Gasteiger partial charge in [-0.3, -0.25) is 4.98 Å². The van der Waals surface area contributed by atoms with Crippen LogP contribution in [0.2, 0.25) is 0 Å². The van der Waals surface area contributed by atoms with E-state index in [1.165, 1.54) is 50.6 Å². The average molecular weight is 274 g/mol. The van der Waals surface area contributed by atoms with Crippen LogP contribution in [0.15, 0.2) is 24.4 Å². The van der Waals surface area contributed by atoms with Crippen molar-refractivity contribution in [3.63, 3.8) is 0 Å². The van der Waals surface area contributed by atoms with Gasteiger partial charge in [-0.2, -0.15) is 0 Å². The number of aromatic nitrogens is 1. The third kappa shape index (κ3) is 4.59. The summed E-state index contributed by atoms with van der Waals surface area (Å²) in [5, 5.41) is 3.75. The Kier molecular flexibility index (Phi) is 6.52. The first-order valence-electron chi connectivity index (χ1n) is 8.45. The first kappa shape index (κ1) is 15.5. The molecule has 2 unspecified atom stereocenters. The summed E-state index contributed by atoms with van der Waals surface area (Å²) in [5.74, 6) is 1.49. The molecule has 0 aliphatic heterocycles. The second-order valence-electron chi connectivity index (χ2n) is 6.33. The topological polar surface area (TPSA) is 24.9 Å². The monoisotopic (exact) mass is 274 g/mol. The highest BCUT2D eigenvalue weighted by Gasteiger charge is 2.22. The molecule has 1 saturated carbocycles. The summed E-state index contributed by atoms with van der Waals surface area (Å²) in [7, 11) is 0. The first-order chi connectivity index (χ1) is 9.81. The number of hydrogen-bond donors (Lipinski definition) is 1. The Bertz CT molecular complexity index is 357. The van der Waals surface area contributed by atoms with Crippen molar-refractivity contribution in [3.05, 3.63) is 30.1 Å². The minimum absolute atomic E-state index is 0.504. The Morgan fingerprint density at radius 1 is 1.30 bits per heavy atom. The predicted molar refractivity (Wildman–Crippen MR) is 85.9 cm³/mol. The van der Waals surface area contributed by atoms with Gasteiger partial charge in [0, 0.05) is 23.9 Å². The fourth-order valence-corrected chi connectivity index (χ4v) is 3.42. The van der Waals surface area contributed by atoms with Crippen LogP contribution in [0.3, 0.4) is 0 Å². The van der Waals surface area contributed by atoms with E-state index < -0.39 is 0 Å². The summed E-state index contributed by atoms with van der Waals surface area (Å²) in [6.07, 6.45) is 11.6. The van der Waals surface area contributed by atoms with E-state index in [1.807, 2.05) is 12.3 Å². The minimum Gasteiger partial charge on any atom is -0.313 e. The molecule has 20 heavy (non-hydrogen) atoms. The molecule has 112 valence electrons. The number of nitrogens with zero attached hydrogens (tertiary/aromatic N) is 1. The maximum Gasteiger partial charge on any atom is 0.0447 e. The van der Waals surface area contributed by atoms with Crippen molar-refractivity contribution in [2.45, 2.75) is 70.8 Å². The van der Waals surface area contributed by atoms with Crippen molar-refractivity contribution in [3.8, 4) is 0 Å². The zero-order valence-corrected chi connectivity index (χ0v) is 13.1. The van der Waals surface area contributed by atoms with E-state index in [2.05, 4.69) is 36.3 Å². The average Bonchev–Trinajstić information content (AvgIpc) is 3.01. The molecule has 1 aromatic rings. The summed E-state index contributed by atoms with van der Waals surface area (Å²) in [6, 6.07) is 6.85. The fourth-order valence-electron chi connectivity index (χ4n) is 3.42. The molecule has 1 heterocycles. The predicted octanol–water partition coefficient (Wildman–Crippen LogP) is 4.52. The van der Waals surface area contributed by atoms with Gasteiger partial charge in [-0.25, -0.2) is 0 Å². The lowest BCUT2D eigenvalue weighted by molar-refractivity contribution is 0.369. The molecular formula is C18H30N2. The highest BCUT2D eigenvalue weighted by Crippen LogP contribution is 2.30. The first-order valence-corrected chi connectivity index (χ1v) is 8.45. The van der Waals surface area contributed by atoms with Crippen LogP contribution in [0, 0.1) is 5.92 Å². The molecule has 2 atom stereocenters. The molecule has 1 aliphatic carbocycles. The lowest BCUT2D eigenvalue weighted by Crippen LogP contribution is -2.35. The molecule has 0 amide bonds. The second-order valence-corrected chi connectivity index (χ2v) is 6.33. The standard InChI is InChI=1S/C18H30N2/c1-3-13-19-18(12-11-16-8-4-5-9-16)15(2)17-10-6-7-14-20-17/h6-7,10,14-16,18-19H,3-5,8-9,11-13H2,1-2H3. The minimum atomic E-state index is 0.504. The smallest absolute Gasteiger partial charge is 0.0447 e. The van der Waals surface area contributed by atoms with Gasteiger partial charge >= 0.3 is 0 Å². The molecule has 1 aromatic heterocycles. The summed E-state index contributed by atoms with van der Waals surface area (Å²) in [5.41, 5.74) is 1.23. The molecule has 2 heteroatoms. The van der Waals surface area contributed by atoms with Gasteiger partial charge in [0.1, 0.15) is 0 Å². The molecule has 1 N–H and O–H groups in total. The summed E-state index contributed by atoms with van der Waals surface area (Å²) < 4.78 is 0. The molecule has 2 rings (SSSR count). The van der Waals surface area contributed by atoms with E-state index >= 15 is 0 Å². The Hall–Kier alpha value is -0.890. The highest BCUT2D eigenvalue weighted by atomic mass is 14.9. The van der Waals surface area contributed by atoms with E-state index in [1.54, 1.807) is 0 Å². The Labute approximate surface area is 124 Å². The van der Waals surface area contributed by atoms with Gasteiger partial charge < -0.3 is 5.32 Å². The zero-order chi connectivity index (χ0) is 14.2. The second kappa shape index (κ2) is 8.41. The van der Waals surface area contributed by atoms with Crippen LogP contribution >= 0.6 is 0 Å². The van der Waals surface area contributed by atoms with Crippen molar-refractivity contribution in [1.29, 1.82) is 0 Å². The van der Waals surface area contributed by atoms with Crippen LogP contribution in [0.1, 0.15) is 70.4 Å². The largest absolute Gasteiger partial charge is 0.313 e. The van der Waals surface area contributed by atoms with Gasteiger partial charge in [0.15, 0.2) is 0 Å². The van der Waals surface area contributed by atoms with Gasteiger partial charge in [-0.15, -0.1) is 0 Å². The van der Waals surface area contributed by atoms with Gasteiger partial charge in [0.05, 0.1) is 0 Å². The summed E-state index contributed by atoms with van der Waals surface area (Å²) >= 11 is 0. The van der Waals surface area contributed by atoms with E-state index in [4.69, 9.17) is 0 Å². The van der Waals surface area contributed by atoms with Gasteiger partial charge in [0.25, 0.3) is 0 Å². The van der Waals surface area contributed by atoms with Crippen LogP contribution in [-0.2, 0) is 0 Å². The molecule has 0 bridgehead atoms. The Balaban J connectivity index is 1.91. The van der Waals surface area contributed by atoms with E-state index in [9.17, 15) is 0 Å². The third-order valence-corrected chi connectivity index (χ3v) is 4.78. The van der Waals surface area contributed by atoms with Crippen molar-refractivity contribution >= 4 is 0 Å². The van der Waals surface area contributed by atoms with Gasteiger partial charge in [-0.1, -0.05) is 45.6 Å². The SMILES string of the molecule is CCCNC(CCC1CCCC1)C(C)c1ccccn1.